The monoisotopic (exact) mass is 340 g/mol. The van der Waals surface area contributed by atoms with Crippen LogP contribution in [0.1, 0.15) is 23.2 Å². The number of nitrogens with zero attached hydrogens (tertiary/aromatic N) is 1. The number of hydrogen-bond donors (Lipinski definition) is 1. The molecular weight excluding hydrogens is 324 g/mol. The van der Waals surface area contributed by atoms with Crippen LogP contribution in [0.25, 0.3) is 0 Å². The van der Waals surface area contributed by atoms with Gasteiger partial charge in [-0.15, -0.1) is 11.8 Å². The second-order valence-electron chi connectivity index (χ2n) is 5.36. The van der Waals surface area contributed by atoms with Crippen LogP contribution in [0.3, 0.4) is 0 Å². The largest absolute Gasteiger partial charge is 0.322 e. The Morgan fingerprint density at radius 3 is 2.33 bits per heavy atom. The molecule has 122 valence electrons. The Morgan fingerprint density at radius 2 is 1.71 bits per heavy atom. The first kappa shape index (κ1) is 16.3. The number of thioether (sulfide) groups is 1. The van der Waals surface area contributed by atoms with Gasteiger partial charge in [-0.25, -0.2) is 0 Å². The van der Waals surface area contributed by atoms with Crippen LogP contribution >= 0.6 is 11.8 Å². The molecule has 1 aliphatic rings. The summed E-state index contributed by atoms with van der Waals surface area (Å²) in [6.07, 6.45) is 2.46. The summed E-state index contributed by atoms with van der Waals surface area (Å²) >= 11 is 1.60. The van der Waals surface area contributed by atoms with Gasteiger partial charge in [-0.05, 0) is 48.7 Å². The van der Waals surface area contributed by atoms with E-state index in [0.29, 0.717) is 11.3 Å². The van der Waals surface area contributed by atoms with Gasteiger partial charge in [0, 0.05) is 29.0 Å². The minimum absolute atomic E-state index is 0.203. The van der Waals surface area contributed by atoms with E-state index in [1.165, 1.54) is 4.90 Å². The van der Waals surface area contributed by atoms with Gasteiger partial charge in [0.2, 0.25) is 11.8 Å². The minimum Gasteiger partial charge on any atom is -0.322 e. The molecule has 0 atom stereocenters. The Kier molecular flexibility index (Phi) is 4.66. The highest BCUT2D eigenvalue weighted by atomic mass is 32.2. The van der Waals surface area contributed by atoms with Gasteiger partial charge in [0.15, 0.2) is 0 Å². The van der Waals surface area contributed by atoms with Crippen LogP contribution < -0.4 is 10.2 Å². The summed E-state index contributed by atoms with van der Waals surface area (Å²) < 4.78 is 0. The Labute approximate surface area is 144 Å². The molecule has 24 heavy (non-hydrogen) atoms. The zero-order chi connectivity index (χ0) is 17.1. The highest BCUT2D eigenvalue weighted by Gasteiger charge is 2.30. The highest BCUT2D eigenvalue weighted by molar-refractivity contribution is 7.98. The van der Waals surface area contributed by atoms with Gasteiger partial charge in [-0.2, -0.15) is 0 Å². The summed E-state index contributed by atoms with van der Waals surface area (Å²) in [5.74, 6) is -0.643. The number of anilines is 2. The Bertz CT molecular complexity index is 786. The van der Waals surface area contributed by atoms with E-state index >= 15 is 0 Å². The van der Waals surface area contributed by atoms with Crippen LogP contribution in [0.2, 0.25) is 0 Å². The van der Waals surface area contributed by atoms with Crippen molar-refractivity contribution in [2.75, 3.05) is 16.5 Å². The number of rotatable bonds is 4. The molecule has 1 N–H and O–H groups in total. The average molecular weight is 340 g/mol. The van der Waals surface area contributed by atoms with E-state index in [-0.39, 0.29) is 30.6 Å². The van der Waals surface area contributed by atoms with Crippen molar-refractivity contribution in [2.45, 2.75) is 17.7 Å². The predicted octanol–water partition coefficient (Wildman–Crippen LogP) is 3.31. The lowest BCUT2D eigenvalue weighted by molar-refractivity contribution is -0.121. The number of benzene rings is 2. The molecule has 5 nitrogen and oxygen atoms in total. The highest BCUT2D eigenvalue weighted by Crippen LogP contribution is 2.23. The van der Waals surface area contributed by atoms with Gasteiger partial charge in [-0.1, -0.05) is 6.07 Å². The van der Waals surface area contributed by atoms with Gasteiger partial charge in [0.25, 0.3) is 5.91 Å². The van der Waals surface area contributed by atoms with E-state index in [1.807, 2.05) is 30.5 Å². The van der Waals surface area contributed by atoms with Crippen LogP contribution in [-0.2, 0) is 9.59 Å². The lowest BCUT2D eigenvalue weighted by Crippen LogP contribution is -2.28. The molecule has 3 amide bonds. The van der Waals surface area contributed by atoms with Gasteiger partial charge in [0.05, 0.1) is 5.69 Å². The van der Waals surface area contributed by atoms with Crippen molar-refractivity contribution in [2.24, 2.45) is 0 Å². The van der Waals surface area contributed by atoms with Gasteiger partial charge < -0.3 is 5.32 Å². The molecule has 2 aromatic rings. The van der Waals surface area contributed by atoms with Gasteiger partial charge in [-0.3, -0.25) is 19.3 Å². The molecule has 2 aromatic carbocycles. The Balaban J connectivity index is 1.74. The summed E-state index contributed by atoms with van der Waals surface area (Å²) in [4.78, 5) is 38.0. The summed E-state index contributed by atoms with van der Waals surface area (Å²) in [5, 5.41) is 2.84. The smallest absolute Gasteiger partial charge is 0.255 e. The summed E-state index contributed by atoms with van der Waals surface area (Å²) in [6, 6.07) is 14.0. The lowest BCUT2D eigenvalue weighted by atomic mass is 10.1. The fraction of sp³-hybridized carbons (Fsp3) is 0.167. The van der Waals surface area contributed by atoms with E-state index in [4.69, 9.17) is 0 Å². The normalized spacial score (nSPS) is 14.1. The third kappa shape index (κ3) is 3.33. The Morgan fingerprint density at radius 1 is 1.04 bits per heavy atom. The molecule has 1 saturated heterocycles. The summed E-state index contributed by atoms with van der Waals surface area (Å²) in [6.45, 7) is 0. The SMILES string of the molecule is CSc1cccc(NC(=O)c2ccc(N3C(=O)CCC3=O)cc2)c1. The molecule has 1 heterocycles. The number of amides is 3. The maximum atomic E-state index is 12.3. The molecule has 0 aliphatic carbocycles. The van der Waals surface area contributed by atoms with Crippen LogP contribution in [0.5, 0.6) is 0 Å². The van der Waals surface area contributed by atoms with E-state index in [0.717, 1.165) is 10.6 Å². The van der Waals surface area contributed by atoms with Crippen molar-refractivity contribution >= 4 is 40.9 Å². The maximum Gasteiger partial charge on any atom is 0.255 e. The number of carbonyl (C=O) groups excluding carboxylic acids is 3. The molecule has 6 heteroatoms. The standard InChI is InChI=1S/C18H16N2O3S/c1-24-15-4-2-3-13(11-15)19-18(23)12-5-7-14(8-6-12)20-16(21)9-10-17(20)22/h2-8,11H,9-10H2,1H3,(H,19,23). The third-order valence-electron chi connectivity index (χ3n) is 3.77. The van der Waals surface area contributed by atoms with Gasteiger partial charge in [0.1, 0.15) is 0 Å². The maximum absolute atomic E-state index is 12.3. The van der Waals surface area contributed by atoms with E-state index in [9.17, 15) is 14.4 Å². The summed E-state index contributed by atoms with van der Waals surface area (Å²) in [7, 11) is 0. The number of imide groups is 1. The van der Waals surface area contributed by atoms with Crippen molar-refractivity contribution in [3.8, 4) is 0 Å². The molecule has 0 spiro atoms. The molecule has 0 bridgehead atoms. The lowest BCUT2D eigenvalue weighted by Gasteiger charge is -2.14. The van der Waals surface area contributed by atoms with Crippen LogP contribution in [0.4, 0.5) is 11.4 Å². The topological polar surface area (TPSA) is 66.5 Å². The van der Waals surface area contributed by atoms with Crippen molar-refractivity contribution < 1.29 is 14.4 Å². The fourth-order valence-electron chi connectivity index (χ4n) is 2.53. The molecule has 1 fully saturated rings. The van der Waals surface area contributed by atoms with Gasteiger partial charge >= 0.3 is 0 Å². The second kappa shape index (κ2) is 6.88. The molecule has 0 aromatic heterocycles. The van der Waals surface area contributed by atoms with E-state index in [2.05, 4.69) is 5.32 Å². The van der Waals surface area contributed by atoms with E-state index in [1.54, 1.807) is 36.0 Å². The second-order valence-corrected chi connectivity index (χ2v) is 6.24. The molecule has 0 radical (unpaired) electrons. The number of nitrogens with one attached hydrogen (secondary N) is 1. The molecule has 0 saturated carbocycles. The van der Waals surface area contributed by atoms with Crippen LogP contribution in [-0.4, -0.2) is 24.0 Å². The Hall–Kier alpha value is -2.60. The predicted molar refractivity (Wildman–Crippen MR) is 94.3 cm³/mol. The quantitative estimate of drug-likeness (QED) is 0.685. The number of hydrogen-bond acceptors (Lipinski definition) is 4. The molecule has 1 aliphatic heterocycles. The molecular formula is C18H16N2O3S. The molecule has 3 rings (SSSR count). The van der Waals surface area contributed by atoms with Crippen molar-refractivity contribution in [3.05, 3.63) is 54.1 Å². The minimum atomic E-state index is -0.237. The fourth-order valence-corrected chi connectivity index (χ4v) is 2.99. The first-order valence-corrected chi connectivity index (χ1v) is 8.72. The van der Waals surface area contributed by atoms with Crippen LogP contribution in [0.15, 0.2) is 53.4 Å². The van der Waals surface area contributed by atoms with Crippen LogP contribution in [0, 0.1) is 0 Å². The molecule has 0 unspecified atom stereocenters. The zero-order valence-electron chi connectivity index (χ0n) is 13.1. The van der Waals surface area contributed by atoms with E-state index < -0.39 is 0 Å². The first-order chi connectivity index (χ1) is 11.6. The third-order valence-corrected chi connectivity index (χ3v) is 4.49. The number of carbonyl (C=O) groups is 3. The summed E-state index contributed by atoms with van der Waals surface area (Å²) in [5.41, 5.74) is 1.69. The van der Waals surface area contributed by atoms with Crippen molar-refractivity contribution in [1.82, 2.24) is 0 Å². The average Bonchev–Trinajstić information content (AvgIpc) is 2.94. The van der Waals surface area contributed by atoms with Crippen molar-refractivity contribution in [3.63, 3.8) is 0 Å². The first-order valence-electron chi connectivity index (χ1n) is 7.50. The zero-order valence-corrected chi connectivity index (χ0v) is 13.9. The van der Waals surface area contributed by atoms with Crippen molar-refractivity contribution in [1.29, 1.82) is 0 Å².